The molecule has 0 spiro atoms. The Morgan fingerprint density at radius 2 is 1.70 bits per heavy atom. The highest BCUT2D eigenvalue weighted by Crippen LogP contribution is 2.38. The summed E-state index contributed by atoms with van der Waals surface area (Å²) in [5, 5.41) is 0. The Morgan fingerprint density at radius 1 is 1.07 bits per heavy atom. The number of hydrogen-bond donors (Lipinski definition) is 1. The summed E-state index contributed by atoms with van der Waals surface area (Å²) >= 11 is 3.86. The van der Waals surface area contributed by atoms with Gasteiger partial charge in [0.2, 0.25) is 0 Å². The van der Waals surface area contributed by atoms with Crippen LogP contribution in [0.2, 0.25) is 0 Å². The summed E-state index contributed by atoms with van der Waals surface area (Å²) in [7, 11) is 0. The topological polar surface area (TPSA) is 43.4 Å². The average Bonchev–Trinajstić information content (AvgIpc) is 2.97. The van der Waals surface area contributed by atoms with Crippen molar-refractivity contribution in [3.8, 4) is 0 Å². The monoisotopic (exact) mass is 422 g/mol. The Labute approximate surface area is 185 Å². The Bertz CT molecular complexity index is 972. The summed E-state index contributed by atoms with van der Waals surface area (Å²) in [5.74, 6) is -1.28. The number of allylic oxidation sites excluding steroid dienone is 4. The summed E-state index contributed by atoms with van der Waals surface area (Å²) in [6.45, 7) is 10.0. The highest BCUT2D eigenvalue weighted by molar-refractivity contribution is 7.75. The summed E-state index contributed by atoms with van der Waals surface area (Å²) in [6, 6.07) is 15.4. The highest BCUT2D eigenvalue weighted by atomic mass is 32.1. The van der Waals surface area contributed by atoms with Gasteiger partial charge < -0.3 is 4.18 Å². The molecule has 2 atom stereocenters. The molecule has 2 aromatic rings. The zero-order valence-electron chi connectivity index (χ0n) is 18.3. The lowest BCUT2D eigenvalue weighted by molar-refractivity contribution is -0.124. The minimum absolute atomic E-state index is 0.0343. The van der Waals surface area contributed by atoms with Gasteiger partial charge in [0, 0.05) is 11.5 Å². The molecular formula is C26H30O3S. The molecule has 2 aromatic carbocycles. The minimum Gasteiger partial charge on any atom is -0.314 e. The molecule has 0 aliphatic heterocycles. The first-order valence-corrected chi connectivity index (χ1v) is 10.7. The van der Waals surface area contributed by atoms with Gasteiger partial charge in [0.1, 0.15) is 5.92 Å². The van der Waals surface area contributed by atoms with Crippen LogP contribution in [0, 0.1) is 12.8 Å². The summed E-state index contributed by atoms with van der Waals surface area (Å²) in [6.07, 6.45) is 3.82. The molecule has 0 aromatic heterocycles. The molecule has 0 radical (unpaired) electrons. The third kappa shape index (κ3) is 4.82. The quantitative estimate of drug-likeness (QED) is 0.267. The van der Waals surface area contributed by atoms with Crippen molar-refractivity contribution in [1.82, 2.24) is 0 Å². The highest BCUT2D eigenvalue weighted by Gasteiger charge is 2.44. The molecule has 30 heavy (non-hydrogen) atoms. The summed E-state index contributed by atoms with van der Waals surface area (Å²) in [4.78, 5) is 26.2. The van der Waals surface area contributed by atoms with Crippen molar-refractivity contribution in [2.24, 2.45) is 5.92 Å². The van der Waals surface area contributed by atoms with Crippen LogP contribution in [0.1, 0.15) is 55.9 Å². The first-order chi connectivity index (χ1) is 14.5. The van der Waals surface area contributed by atoms with E-state index in [1.165, 1.54) is 0 Å². The third-order valence-electron chi connectivity index (χ3n) is 5.39. The number of aryl methyl sites for hydroxylation is 1. The van der Waals surface area contributed by atoms with Crippen LogP contribution in [-0.4, -0.2) is 11.6 Å². The molecule has 1 fully saturated rings. The van der Waals surface area contributed by atoms with Gasteiger partial charge in [-0.2, -0.15) is 0 Å². The van der Waals surface area contributed by atoms with Crippen molar-refractivity contribution < 1.29 is 13.8 Å². The van der Waals surface area contributed by atoms with E-state index in [0.717, 1.165) is 27.8 Å². The lowest BCUT2D eigenvalue weighted by Crippen LogP contribution is -2.15. The fourth-order valence-electron chi connectivity index (χ4n) is 3.80. The van der Waals surface area contributed by atoms with Crippen molar-refractivity contribution in [2.75, 3.05) is 0 Å². The number of thiol groups is 1. The maximum absolute atomic E-state index is 13.2. The first kappa shape index (κ1) is 23.8. The second kappa shape index (κ2) is 11.1. The second-order valence-electron chi connectivity index (χ2n) is 7.05. The van der Waals surface area contributed by atoms with Crippen molar-refractivity contribution in [3.05, 3.63) is 88.5 Å². The Kier molecular flexibility index (Phi) is 8.82. The van der Waals surface area contributed by atoms with Crippen LogP contribution in [0.15, 0.2) is 66.3 Å². The Morgan fingerprint density at radius 3 is 2.33 bits per heavy atom. The van der Waals surface area contributed by atoms with Crippen LogP contribution in [0.3, 0.4) is 0 Å². The van der Waals surface area contributed by atoms with Crippen LogP contribution in [-0.2, 0) is 20.4 Å². The molecule has 0 heterocycles. The Balaban J connectivity index is 0.00000155. The molecular weight excluding hydrogens is 392 g/mol. The molecule has 2 unspecified atom stereocenters. The van der Waals surface area contributed by atoms with Gasteiger partial charge in [0.15, 0.2) is 11.6 Å². The van der Waals surface area contributed by atoms with Gasteiger partial charge in [-0.05, 0) is 60.7 Å². The Hall–Kier alpha value is -2.43. The fourth-order valence-corrected chi connectivity index (χ4v) is 3.93. The molecule has 0 amide bonds. The van der Waals surface area contributed by atoms with Crippen molar-refractivity contribution >= 4 is 30.0 Å². The molecule has 158 valence electrons. The summed E-state index contributed by atoms with van der Waals surface area (Å²) < 4.78 is 5.01. The zero-order valence-corrected chi connectivity index (χ0v) is 19.2. The minimum atomic E-state index is -0.712. The van der Waals surface area contributed by atoms with Crippen molar-refractivity contribution in [3.63, 3.8) is 0 Å². The molecule has 1 aliphatic rings. The van der Waals surface area contributed by atoms with E-state index in [1.54, 1.807) is 0 Å². The van der Waals surface area contributed by atoms with E-state index >= 15 is 0 Å². The molecule has 0 saturated heterocycles. The van der Waals surface area contributed by atoms with Gasteiger partial charge in [0.05, 0.1) is 6.61 Å². The fraction of sp³-hybridized carbons (Fsp3) is 0.308. The molecule has 3 rings (SSSR count). The SMILES string of the molecule is C/C=C(\C=C1\C(=O)C(c2ccccc2C)C(=O)C1C)c1ccccc1COS.CC. The number of ketones is 2. The van der Waals surface area contributed by atoms with Gasteiger partial charge in [-0.25, -0.2) is 0 Å². The van der Waals surface area contributed by atoms with Crippen molar-refractivity contribution in [1.29, 1.82) is 0 Å². The van der Waals surface area contributed by atoms with E-state index in [0.29, 0.717) is 12.2 Å². The lowest BCUT2D eigenvalue weighted by Gasteiger charge is -2.11. The van der Waals surface area contributed by atoms with Crippen LogP contribution >= 0.6 is 12.9 Å². The van der Waals surface area contributed by atoms with Crippen molar-refractivity contribution in [2.45, 2.75) is 47.1 Å². The molecule has 3 nitrogen and oxygen atoms in total. The maximum atomic E-state index is 13.2. The van der Waals surface area contributed by atoms with Gasteiger partial charge in [-0.3, -0.25) is 9.59 Å². The number of benzene rings is 2. The van der Waals surface area contributed by atoms with Gasteiger partial charge in [0.25, 0.3) is 0 Å². The van der Waals surface area contributed by atoms with Crippen LogP contribution < -0.4 is 0 Å². The van der Waals surface area contributed by atoms with Gasteiger partial charge in [-0.15, -0.1) is 0 Å². The number of Topliss-reactive ketones (excluding diaryl/α,β-unsaturated/α-hetero) is 2. The van der Waals surface area contributed by atoms with E-state index in [-0.39, 0.29) is 11.6 Å². The van der Waals surface area contributed by atoms with E-state index in [2.05, 4.69) is 12.9 Å². The lowest BCUT2D eigenvalue weighted by atomic mass is 9.91. The van der Waals surface area contributed by atoms with E-state index in [4.69, 9.17) is 4.18 Å². The zero-order chi connectivity index (χ0) is 22.3. The predicted molar refractivity (Wildman–Crippen MR) is 126 cm³/mol. The van der Waals surface area contributed by atoms with Gasteiger partial charge >= 0.3 is 0 Å². The van der Waals surface area contributed by atoms with Gasteiger partial charge in [-0.1, -0.05) is 75.4 Å². The van der Waals surface area contributed by atoms with Crippen LogP contribution in [0.4, 0.5) is 0 Å². The molecule has 1 aliphatic carbocycles. The van der Waals surface area contributed by atoms with Crippen LogP contribution in [0.5, 0.6) is 0 Å². The summed E-state index contributed by atoms with van der Waals surface area (Å²) in [5.41, 5.74) is 5.17. The largest absolute Gasteiger partial charge is 0.314 e. The van der Waals surface area contributed by atoms with E-state index in [1.807, 2.05) is 95.3 Å². The number of rotatable bonds is 5. The average molecular weight is 423 g/mol. The standard InChI is InChI=1S/C24H24O3S.C2H6/c1-4-17(20-12-8-6-10-18(20)14-27-28)13-21-16(3)23(25)22(24(21)26)19-11-7-5-9-15(19)2;1-2/h4-13,16,22,28H,14H2,1-3H3;1-2H3/b17-4+,21-13+;. The number of hydrogen-bond acceptors (Lipinski definition) is 4. The second-order valence-corrected chi connectivity index (χ2v) is 7.31. The van der Waals surface area contributed by atoms with Crippen LogP contribution in [0.25, 0.3) is 5.57 Å². The number of carbonyl (C=O) groups excluding carboxylic acids is 2. The third-order valence-corrected chi connectivity index (χ3v) is 5.52. The first-order valence-electron chi connectivity index (χ1n) is 10.4. The molecule has 1 saturated carbocycles. The van der Waals surface area contributed by atoms with E-state index in [9.17, 15) is 9.59 Å². The normalized spacial score (nSPS) is 20.3. The maximum Gasteiger partial charge on any atom is 0.174 e. The molecule has 4 heteroatoms. The molecule has 0 N–H and O–H groups in total. The molecule has 0 bridgehead atoms. The smallest absolute Gasteiger partial charge is 0.174 e. The predicted octanol–water partition coefficient (Wildman–Crippen LogP) is 6.28. The van der Waals surface area contributed by atoms with E-state index < -0.39 is 11.8 Å². The number of carbonyl (C=O) groups is 2.